The van der Waals surface area contributed by atoms with Crippen LogP contribution >= 0.6 is 54.5 Å². The molecule has 248 valence electrons. The molecular weight excluding hydrogens is 879 g/mol. The Balaban J connectivity index is 0.000000323. The summed E-state index contributed by atoms with van der Waals surface area (Å²) in [4.78, 5) is 0. The van der Waals surface area contributed by atoms with Crippen LogP contribution in [0.15, 0.2) is 99.9 Å². The summed E-state index contributed by atoms with van der Waals surface area (Å²) in [5.41, 5.74) is -1.02. The average molecular weight is 902 g/mol. The minimum atomic E-state index is -4.56. The fourth-order valence-corrected chi connectivity index (χ4v) is 4.05. The van der Waals surface area contributed by atoms with Crippen LogP contribution in [0.25, 0.3) is 0 Å². The summed E-state index contributed by atoms with van der Waals surface area (Å²) in [6.45, 7) is -0.198. The van der Waals surface area contributed by atoms with E-state index in [0.29, 0.717) is 23.9 Å². The molecule has 8 nitrogen and oxygen atoms in total. The van der Waals surface area contributed by atoms with Crippen molar-refractivity contribution in [2.75, 3.05) is 26.4 Å². The van der Waals surface area contributed by atoms with Gasteiger partial charge in [0.15, 0.2) is 38.0 Å². The standard InChI is InChI=1S/C9H5F4NO.2C8H6BrNO.C8H6INO/c10-7-2-1-6(9(11,12)13)5-8(7)15-4-3-14;9-7-1-3-8(4-2-7)11-6-5-10;2*9-7-2-1-3-8(6-7)11-5-4-10/h1-2,5H,4H2;1-4H,6H2;2*1-3,6H,5H2. The SMILES string of the molecule is N#CCOc1cc(C(F)(F)F)ccc1F.N#CCOc1ccc(Br)cc1.N#CCOc1cccc(Br)c1.N#CCOc1cccc(I)c1. The molecule has 0 aromatic heterocycles. The van der Waals surface area contributed by atoms with Crippen molar-refractivity contribution in [2.24, 2.45) is 0 Å². The van der Waals surface area contributed by atoms with Crippen molar-refractivity contribution in [1.82, 2.24) is 0 Å². The van der Waals surface area contributed by atoms with Crippen LogP contribution in [0.1, 0.15) is 5.56 Å². The van der Waals surface area contributed by atoms with Crippen molar-refractivity contribution in [3.8, 4) is 47.3 Å². The van der Waals surface area contributed by atoms with Crippen molar-refractivity contribution in [2.45, 2.75) is 6.18 Å². The molecule has 0 amide bonds. The van der Waals surface area contributed by atoms with Crippen LogP contribution in [0.5, 0.6) is 23.0 Å². The molecule has 0 aliphatic carbocycles. The van der Waals surface area contributed by atoms with Gasteiger partial charge in [-0.3, -0.25) is 0 Å². The zero-order valence-electron chi connectivity index (χ0n) is 24.6. The van der Waals surface area contributed by atoms with E-state index < -0.39 is 29.9 Å². The minimum Gasteiger partial charge on any atom is -0.479 e. The van der Waals surface area contributed by atoms with Crippen LogP contribution in [0.4, 0.5) is 17.6 Å². The molecule has 0 bridgehead atoms. The summed E-state index contributed by atoms with van der Waals surface area (Å²) in [7, 11) is 0. The number of hydrogen-bond acceptors (Lipinski definition) is 8. The second-order valence-electron chi connectivity index (χ2n) is 8.30. The Bertz CT molecular complexity index is 1680. The maximum absolute atomic E-state index is 12.9. The highest BCUT2D eigenvalue weighted by Gasteiger charge is 2.31. The first-order valence-electron chi connectivity index (χ1n) is 13.1. The van der Waals surface area contributed by atoms with Crippen LogP contribution in [0.3, 0.4) is 0 Å². The monoisotopic (exact) mass is 900 g/mol. The molecule has 0 N–H and O–H groups in total. The Kier molecular flexibility index (Phi) is 20.5. The molecule has 0 radical (unpaired) electrons. The highest BCUT2D eigenvalue weighted by atomic mass is 127. The Morgan fingerprint density at radius 3 is 1.58 bits per heavy atom. The lowest BCUT2D eigenvalue weighted by Gasteiger charge is -2.09. The summed E-state index contributed by atoms with van der Waals surface area (Å²) < 4.78 is 72.1. The van der Waals surface area contributed by atoms with E-state index in [1.807, 2.05) is 78.9 Å². The van der Waals surface area contributed by atoms with Gasteiger partial charge >= 0.3 is 6.18 Å². The van der Waals surface area contributed by atoms with Gasteiger partial charge in [0.05, 0.1) is 5.56 Å². The van der Waals surface area contributed by atoms with Gasteiger partial charge < -0.3 is 18.9 Å². The molecule has 4 rings (SSSR count). The highest BCUT2D eigenvalue weighted by molar-refractivity contribution is 14.1. The number of ether oxygens (including phenoxy) is 4. The van der Waals surface area contributed by atoms with Crippen molar-refractivity contribution < 1.29 is 36.5 Å². The smallest absolute Gasteiger partial charge is 0.416 e. The summed E-state index contributed by atoms with van der Waals surface area (Å²) in [6, 6.07) is 31.3. The quantitative estimate of drug-likeness (QED) is 0.126. The third kappa shape index (κ3) is 18.6. The van der Waals surface area contributed by atoms with Gasteiger partial charge in [-0.25, -0.2) is 4.39 Å². The molecular formula is C33H23Br2F4IN4O4. The van der Waals surface area contributed by atoms with Gasteiger partial charge in [-0.2, -0.15) is 34.2 Å². The van der Waals surface area contributed by atoms with E-state index in [2.05, 4.69) is 59.2 Å². The molecule has 0 unspecified atom stereocenters. The number of rotatable bonds is 8. The Hall–Kier alpha value is -4.55. The number of hydrogen-bond donors (Lipinski definition) is 0. The third-order valence-corrected chi connectivity index (χ3v) is 6.56. The van der Waals surface area contributed by atoms with Crippen LogP contribution in [-0.2, 0) is 6.18 Å². The minimum absolute atomic E-state index is 0.0937. The second kappa shape index (κ2) is 23.7. The van der Waals surface area contributed by atoms with Crippen LogP contribution in [0, 0.1) is 54.7 Å². The van der Waals surface area contributed by atoms with Gasteiger partial charge in [-0.1, -0.05) is 44.0 Å². The molecule has 48 heavy (non-hydrogen) atoms. The molecule has 0 fully saturated rings. The van der Waals surface area contributed by atoms with Crippen LogP contribution in [-0.4, -0.2) is 26.4 Å². The summed E-state index contributed by atoms with van der Waals surface area (Å²) in [5, 5.41) is 32.8. The van der Waals surface area contributed by atoms with Gasteiger partial charge in [0, 0.05) is 12.5 Å². The summed E-state index contributed by atoms with van der Waals surface area (Å²) in [6.07, 6.45) is -4.56. The predicted molar refractivity (Wildman–Crippen MR) is 183 cm³/mol. The topological polar surface area (TPSA) is 132 Å². The fourth-order valence-electron chi connectivity index (χ4n) is 2.89. The molecule has 0 heterocycles. The van der Waals surface area contributed by atoms with E-state index in [1.165, 1.54) is 6.07 Å². The molecule has 0 aliphatic heterocycles. The van der Waals surface area contributed by atoms with Gasteiger partial charge in [0.25, 0.3) is 0 Å². The van der Waals surface area contributed by atoms with Gasteiger partial charge in [-0.05, 0) is 101 Å². The van der Waals surface area contributed by atoms with Gasteiger partial charge in [0.2, 0.25) is 0 Å². The van der Waals surface area contributed by atoms with Crippen molar-refractivity contribution in [3.63, 3.8) is 0 Å². The number of nitriles is 4. The zero-order valence-corrected chi connectivity index (χ0v) is 29.9. The van der Waals surface area contributed by atoms with E-state index in [0.717, 1.165) is 24.0 Å². The molecule has 0 saturated heterocycles. The normalized spacial score (nSPS) is 9.40. The number of nitrogens with zero attached hydrogens (tertiary/aromatic N) is 4. The van der Waals surface area contributed by atoms with Crippen molar-refractivity contribution >= 4 is 54.5 Å². The maximum atomic E-state index is 12.9. The van der Waals surface area contributed by atoms with E-state index >= 15 is 0 Å². The molecule has 0 saturated carbocycles. The van der Waals surface area contributed by atoms with Crippen molar-refractivity contribution in [3.05, 3.63) is 115 Å². The Labute approximate surface area is 305 Å². The third-order valence-electron chi connectivity index (χ3n) is 4.87. The van der Waals surface area contributed by atoms with Gasteiger partial charge in [-0.15, -0.1) is 0 Å². The largest absolute Gasteiger partial charge is 0.479 e. The lowest BCUT2D eigenvalue weighted by molar-refractivity contribution is -0.137. The van der Waals surface area contributed by atoms with E-state index in [9.17, 15) is 17.6 Å². The van der Waals surface area contributed by atoms with Gasteiger partial charge in [0.1, 0.15) is 41.5 Å². The second-order valence-corrected chi connectivity index (χ2v) is 11.4. The Morgan fingerprint density at radius 1 is 0.583 bits per heavy atom. The fraction of sp³-hybridized carbons (Fsp3) is 0.152. The molecule has 0 aliphatic rings. The lowest BCUT2D eigenvalue weighted by atomic mass is 10.2. The molecule has 0 spiro atoms. The Morgan fingerprint density at radius 2 is 1.08 bits per heavy atom. The molecule has 4 aromatic carbocycles. The summed E-state index contributed by atoms with van der Waals surface area (Å²) in [5.74, 6) is 0.666. The molecule has 0 atom stereocenters. The molecule has 4 aromatic rings. The first-order valence-corrected chi connectivity index (χ1v) is 15.7. The predicted octanol–water partition coefficient (Wildman–Crippen LogP) is 9.64. The van der Waals surface area contributed by atoms with Crippen molar-refractivity contribution in [1.29, 1.82) is 21.0 Å². The zero-order chi connectivity index (χ0) is 35.8. The number of benzene rings is 4. The van der Waals surface area contributed by atoms with Crippen LogP contribution < -0.4 is 18.9 Å². The highest BCUT2D eigenvalue weighted by Crippen LogP contribution is 2.32. The number of alkyl halides is 3. The maximum Gasteiger partial charge on any atom is 0.416 e. The average Bonchev–Trinajstić information content (AvgIpc) is 3.06. The van der Waals surface area contributed by atoms with E-state index in [4.69, 9.17) is 35.3 Å². The molecule has 15 heteroatoms. The summed E-state index contributed by atoms with van der Waals surface area (Å²) >= 11 is 8.78. The first-order chi connectivity index (χ1) is 22.9. The van der Waals surface area contributed by atoms with E-state index in [-0.39, 0.29) is 19.8 Å². The lowest BCUT2D eigenvalue weighted by Crippen LogP contribution is -2.06. The number of halogens is 7. The van der Waals surface area contributed by atoms with E-state index in [1.54, 1.807) is 12.1 Å². The van der Waals surface area contributed by atoms with Crippen LogP contribution in [0.2, 0.25) is 0 Å². The first kappa shape index (κ1) is 41.5.